The molecule has 1 aliphatic rings. The lowest BCUT2D eigenvalue weighted by Gasteiger charge is -2.24. The number of aromatic nitrogens is 1. The van der Waals surface area contributed by atoms with Gasteiger partial charge in [0.15, 0.2) is 0 Å². The minimum atomic E-state index is -0.561. The Morgan fingerprint density at radius 3 is 2.57 bits per heavy atom. The summed E-state index contributed by atoms with van der Waals surface area (Å²) in [5, 5.41) is 0.979. The number of H-pyrrole nitrogens is 1. The fourth-order valence-electron chi connectivity index (χ4n) is 3.92. The van der Waals surface area contributed by atoms with Gasteiger partial charge in [-0.25, -0.2) is 0 Å². The predicted molar refractivity (Wildman–Crippen MR) is 113 cm³/mol. The molecule has 1 aliphatic heterocycles. The number of carbonyl (C=O) groups excluding carboxylic acids is 3. The Hall–Kier alpha value is -3.61. The molecule has 1 saturated heterocycles. The molecule has 1 fully saturated rings. The van der Waals surface area contributed by atoms with Crippen LogP contribution >= 0.6 is 0 Å². The van der Waals surface area contributed by atoms with Crippen LogP contribution in [0.3, 0.4) is 0 Å². The van der Waals surface area contributed by atoms with Crippen molar-refractivity contribution in [3.05, 3.63) is 71.9 Å². The van der Waals surface area contributed by atoms with Crippen LogP contribution in [0.1, 0.15) is 24.0 Å². The highest BCUT2D eigenvalue weighted by Crippen LogP contribution is 2.19. The zero-order valence-corrected chi connectivity index (χ0v) is 16.6. The maximum absolute atomic E-state index is 12.7. The molecule has 0 bridgehead atoms. The molecular weight excluding hydrogens is 380 g/mol. The average molecular weight is 404 g/mol. The Bertz CT molecular complexity index is 1060. The topological polar surface area (TPSA) is 94.3 Å². The summed E-state index contributed by atoms with van der Waals surface area (Å²) in [6.07, 6.45) is 3.56. The summed E-state index contributed by atoms with van der Waals surface area (Å²) < 4.78 is 0. The number of likely N-dealkylation sites (tertiary alicyclic amines) is 1. The van der Waals surface area contributed by atoms with E-state index in [4.69, 9.17) is 0 Å². The number of aromatic amines is 1. The molecule has 3 aromatic rings. The molecule has 154 valence electrons. The summed E-state index contributed by atoms with van der Waals surface area (Å²) in [6.45, 7) is 0.549. The van der Waals surface area contributed by atoms with Crippen LogP contribution < -0.4 is 10.9 Å². The summed E-state index contributed by atoms with van der Waals surface area (Å²) >= 11 is 0. The molecule has 1 atom stereocenters. The van der Waals surface area contributed by atoms with E-state index in [1.807, 2.05) is 54.6 Å². The van der Waals surface area contributed by atoms with E-state index in [1.165, 1.54) is 0 Å². The fraction of sp³-hybridized carbons (Fsp3) is 0.261. The highest BCUT2D eigenvalue weighted by Gasteiger charge is 2.34. The number of fused-ring (bicyclic) bond motifs is 1. The van der Waals surface area contributed by atoms with Crippen LogP contribution in [0.4, 0.5) is 0 Å². The van der Waals surface area contributed by atoms with Gasteiger partial charge in [0.1, 0.15) is 6.04 Å². The first-order valence-electron chi connectivity index (χ1n) is 10.1. The molecule has 7 nitrogen and oxygen atoms in total. The lowest BCUT2D eigenvalue weighted by molar-refractivity contribution is -0.139. The molecule has 0 spiro atoms. The van der Waals surface area contributed by atoms with Crippen LogP contribution in [0, 0.1) is 0 Å². The molecule has 3 amide bonds. The molecule has 2 aromatic carbocycles. The van der Waals surface area contributed by atoms with Crippen molar-refractivity contribution in [1.29, 1.82) is 0 Å². The maximum atomic E-state index is 12.7. The van der Waals surface area contributed by atoms with Gasteiger partial charge in [-0.05, 0) is 30.0 Å². The Morgan fingerprint density at radius 2 is 1.73 bits per heavy atom. The van der Waals surface area contributed by atoms with Gasteiger partial charge in [-0.15, -0.1) is 0 Å². The van der Waals surface area contributed by atoms with Crippen molar-refractivity contribution >= 4 is 28.6 Å². The molecule has 0 radical (unpaired) electrons. The maximum Gasteiger partial charge on any atom is 0.261 e. The molecule has 1 aromatic heterocycles. The second kappa shape index (κ2) is 8.82. The standard InChI is InChI=1S/C23H24N4O3/c28-21(14-17-15-24-19-10-5-4-9-18(17)19)25-26-23(30)20-11-6-12-27(20)22(29)13-16-7-2-1-3-8-16/h1-5,7-10,15,20,24H,6,11-14H2,(H,25,28)(H,26,30). The van der Waals surface area contributed by atoms with Crippen molar-refractivity contribution < 1.29 is 14.4 Å². The van der Waals surface area contributed by atoms with E-state index in [1.54, 1.807) is 11.1 Å². The third kappa shape index (κ3) is 4.35. The van der Waals surface area contributed by atoms with E-state index in [9.17, 15) is 14.4 Å². The number of amides is 3. The first-order chi connectivity index (χ1) is 14.6. The number of hydrazine groups is 1. The van der Waals surface area contributed by atoms with Gasteiger partial charge in [0.05, 0.1) is 12.8 Å². The summed E-state index contributed by atoms with van der Waals surface area (Å²) in [5.41, 5.74) is 7.71. The number of hydrogen-bond acceptors (Lipinski definition) is 3. The lowest BCUT2D eigenvalue weighted by Crippen LogP contribution is -2.52. The van der Waals surface area contributed by atoms with Gasteiger partial charge in [-0.3, -0.25) is 25.2 Å². The Balaban J connectivity index is 1.31. The number of nitrogens with zero attached hydrogens (tertiary/aromatic N) is 1. The fourth-order valence-corrected chi connectivity index (χ4v) is 3.92. The van der Waals surface area contributed by atoms with Gasteiger partial charge < -0.3 is 9.88 Å². The Labute approximate surface area is 174 Å². The number of carbonyl (C=O) groups is 3. The zero-order chi connectivity index (χ0) is 20.9. The summed E-state index contributed by atoms with van der Waals surface area (Å²) in [4.78, 5) is 42.3. The Kier molecular flexibility index (Phi) is 5.79. The van der Waals surface area contributed by atoms with E-state index in [0.29, 0.717) is 13.0 Å². The van der Waals surface area contributed by atoms with Gasteiger partial charge in [0.25, 0.3) is 5.91 Å². The van der Waals surface area contributed by atoms with Crippen molar-refractivity contribution in [3.8, 4) is 0 Å². The van der Waals surface area contributed by atoms with Crippen molar-refractivity contribution in [2.45, 2.75) is 31.7 Å². The van der Waals surface area contributed by atoms with Crippen LogP contribution in [-0.2, 0) is 27.2 Å². The van der Waals surface area contributed by atoms with E-state index >= 15 is 0 Å². The average Bonchev–Trinajstić information content (AvgIpc) is 3.41. The molecule has 4 rings (SSSR count). The van der Waals surface area contributed by atoms with Gasteiger partial charge in [-0.1, -0.05) is 48.5 Å². The first-order valence-corrected chi connectivity index (χ1v) is 10.1. The summed E-state index contributed by atoms with van der Waals surface area (Å²) in [5.74, 6) is -0.751. The van der Waals surface area contributed by atoms with Crippen LogP contribution in [-0.4, -0.2) is 40.2 Å². The molecule has 30 heavy (non-hydrogen) atoms. The third-order valence-corrected chi connectivity index (χ3v) is 5.43. The smallest absolute Gasteiger partial charge is 0.261 e. The van der Waals surface area contributed by atoms with E-state index in [2.05, 4.69) is 15.8 Å². The molecule has 3 N–H and O–H groups in total. The normalized spacial score (nSPS) is 15.9. The number of nitrogens with one attached hydrogen (secondary N) is 3. The van der Waals surface area contributed by atoms with Crippen molar-refractivity contribution in [2.75, 3.05) is 6.54 Å². The molecule has 2 heterocycles. The van der Waals surface area contributed by atoms with Crippen molar-refractivity contribution in [1.82, 2.24) is 20.7 Å². The Morgan fingerprint density at radius 1 is 0.967 bits per heavy atom. The van der Waals surface area contributed by atoms with Crippen molar-refractivity contribution in [2.24, 2.45) is 0 Å². The highest BCUT2D eigenvalue weighted by molar-refractivity contribution is 5.92. The quantitative estimate of drug-likeness (QED) is 0.569. The number of hydrogen-bond donors (Lipinski definition) is 3. The number of benzene rings is 2. The molecule has 0 aliphatic carbocycles. The van der Waals surface area contributed by atoms with Gasteiger partial charge >= 0.3 is 0 Å². The second-order valence-electron chi connectivity index (χ2n) is 7.48. The van der Waals surface area contributed by atoms with E-state index in [-0.39, 0.29) is 30.6 Å². The van der Waals surface area contributed by atoms with Crippen LogP contribution in [0.5, 0.6) is 0 Å². The highest BCUT2D eigenvalue weighted by atomic mass is 16.2. The molecule has 1 unspecified atom stereocenters. The first kappa shape index (κ1) is 19.7. The number of rotatable bonds is 5. The SMILES string of the molecule is O=C(Cc1c[nH]c2ccccc12)NNC(=O)C1CCCN1C(=O)Cc1ccccc1. The van der Waals surface area contributed by atoms with Gasteiger partial charge in [0, 0.05) is 23.6 Å². The third-order valence-electron chi connectivity index (χ3n) is 5.43. The van der Waals surface area contributed by atoms with Crippen LogP contribution in [0.2, 0.25) is 0 Å². The molecule has 7 heteroatoms. The summed E-state index contributed by atoms with van der Waals surface area (Å²) in [6, 6.07) is 16.6. The lowest BCUT2D eigenvalue weighted by atomic mass is 10.1. The molecular formula is C23H24N4O3. The summed E-state index contributed by atoms with van der Waals surface area (Å²) in [7, 11) is 0. The largest absolute Gasteiger partial charge is 0.361 e. The monoisotopic (exact) mass is 404 g/mol. The van der Waals surface area contributed by atoms with E-state index in [0.717, 1.165) is 28.5 Å². The second-order valence-corrected chi connectivity index (χ2v) is 7.48. The van der Waals surface area contributed by atoms with Crippen molar-refractivity contribution in [3.63, 3.8) is 0 Å². The molecule has 0 saturated carbocycles. The van der Waals surface area contributed by atoms with E-state index < -0.39 is 6.04 Å². The van der Waals surface area contributed by atoms with Crippen LogP contribution in [0.25, 0.3) is 10.9 Å². The minimum absolute atomic E-state index is 0.0797. The van der Waals surface area contributed by atoms with Gasteiger partial charge in [0.2, 0.25) is 11.8 Å². The zero-order valence-electron chi connectivity index (χ0n) is 16.6. The van der Waals surface area contributed by atoms with Gasteiger partial charge in [-0.2, -0.15) is 0 Å². The minimum Gasteiger partial charge on any atom is -0.361 e. The number of para-hydroxylation sites is 1. The van der Waals surface area contributed by atoms with Crippen LogP contribution in [0.15, 0.2) is 60.8 Å². The predicted octanol–water partition coefficient (Wildman–Crippen LogP) is 2.09.